The third kappa shape index (κ3) is 9.47. The average Bonchev–Trinajstić information content (AvgIpc) is 3.16. The van der Waals surface area contributed by atoms with Crippen LogP contribution in [0.25, 0.3) is 10.8 Å². The fourth-order valence-corrected chi connectivity index (χ4v) is 7.07. The second-order valence-corrected chi connectivity index (χ2v) is 16.1. The normalized spacial score (nSPS) is 12.5. The van der Waals surface area contributed by atoms with E-state index in [1.54, 1.807) is 30.3 Å². The highest BCUT2D eigenvalue weighted by Crippen LogP contribution is 2.47. The van der Waals surface area contributed by atoms with Gasteiger partial charge < -0.3 is 20.6 Å². The van der Waals surface area contributed by atoms with Crippen LogP contribution in [0.1, 0.15) is 0 Å². The van der Waals surface area contributed by atoms with E-state index in [0.717, 1.165) is 48.5 Å². The molecule has 0 radical (unpaired) electrons. The maximum absolute atomic E-state index is 12.4. The molecule has 0 aromatic heterocycles. The van der Waals surface area contributed by atoms with Gasteiger partial charge in [-0.3, -0.25) is 23.8 Å². The van der Waals surface area contributed by atoms with Crippen LogP contribution in [0, 0.1) is 10.1 Å². The number of non-ortho nitro benzene ring substituents is 1. The number of phenolic OH excluding ortho intramolecular Hbond substituents is 3. The third-order valence-electron chi connectivity index (χ3n) is 7.91. The lowest BCUT2D eigenvalue weighted by molar-refractivity contribution is -0.384. The van der Waals surface area contributed by atoms with Crippen molar-refractivity contribution in [2.45, 2.75) is 14.7 Å². The van der Waals surface area contributed by atoms with Crippen molar-refractivity contribution < 1.29 is 59.2 Å². The molecule has 25 heteroatoms. The number of nitrogens with zero attached hydrogens (tertiary/aromatic N) is 7. The molecule has 0 saturated heterocycles. The molecular weight excluding hydrogens is 841 g/mol. The van der Waals surface area contributed by atoms with E-state index in [4.69, 9.17) is 0 Å². The lowest BCUT2D eigenvalue weighted by Crippen LogP contribution is -2.03. The van der Waals surface area contributed by atoms with Gasteiger partial charge in [-0.25, -0.2) is 0 Å². The monoisotopic (exact) mass is 864 g/mol. The summed E-state index contributed by atoms with van der Waals surface area (Å²) in [5, 5.41) is 68.3. The average molecular weight is 865 g/mol. The number of azo groups is 3. The van der Waals surface area contributed by atoms with Gasteiger partial charge in [-0.2, -0.15) is 35.5 Å². The maximum atomic E-state index is 12.4. The van der Waals surface area contributed by atoms with Crippen LogP contribution in [0.4, 0.5) is 51.2 Å². The number of anilines is 2. The van der Waals surface area contributed by atoms with Gasteiger partial charge in [0.15, 0.2) is 5.75 Å². The Balaban J connectivity index is 1.42. The Kier molecular flexibility index (Phi) is 11.2. The van der Waals surface area contributed by atoms with Gasteiger partial charge in [0, 0.05) is 30.0 Å². The molecule has 0 saturated carbocycles. The van der Waals surface area contributed by atoms with Crippen molar-refractivity contribution in [3.05, 3.63) is 113 Å². The van der Waals surface area contributed by atoms with Gasteiger partial charge in [0.2, 0.25) is 0 Å². The molecule has 0 bridgehead atoms. The smallest absolute Gasteiger partial charge is 0.296 e. The van der Waals surface area contributed by atoms with Gasteiger partial charge in [0.25, 0.3) is 36.0 Å². The van der Waals surface area contributed by atoms with Gasteiger partial charge in [0.1, 0.15) is 38.4 Å². The van der Waals surface area contributed by atoms with Crippen molar-refractivity contribution in [3.63, 3.8) is 0 Å². The molecule has 0 spiro atoms. The Morgan fingerprint density at radius 1 is 0.559 bits per heavy atom. The van der Waals surface area contributed by atoms with E-state index in [2.05, 4.69) is 36.0 Å². The van der Waals surface area contributed by atoms with E-state index in [1.807, 2.05) is 0 Å². The van der Waals surface area contributed by atoms with E-state index in [-0.39, 0.29) is 28.4 Å². The van der Waals surface area contributed by atoms with Gasteiger partial charge in [-0.05, 0) is 66.0 Å². The Morgan fingerprint density at radius 3 is 1.73 bits per heavy atom. The predicted molar refractivity (Wildman–Crippen MR) is 207 cm³/mol. The number of fused-ring (bicyclic) bond motifs is 1. The molecule has 6 aromatic carbocycles. The number of nitro benzene ring substituents is 1. The number of rotatable bonds is 12. The molecule has 0 fully saturated rings. The van der Waals surface area contributed by atoms with Gasteiger partial charge >= 0.3 is 0 Å². The highest BCUT2D eigenvalue weighted by Gasteiger charge is 2.26. The Bertz CT molecular complexity index is 3110. The highest BCUT2D eigenvalue weighted by molar-refractivity contribution is 7.86. The molecule has 0 unspecified atom stereocenters. The minimum absolute atomic E-state index is 0.00153. The molecule has 0 amide bonds. The van der Waals surface area contributed by atoms with Crippen molar-refractivity contribution in [2.24, 2.45) is 30.7 Å². The van der Waals surface area contributed by atoms with E-state index in [0.29, 0.717) is 17.8 Å². The number of para-hydroxylation sites is 1. The lowest BCUT2D eigenvalue weighted by atomic mass is 10.1. The summed E-state index contributed by atoms with van der Waals surface area (Å²) < 4.78 is 103. The highest BCUT2D eigenvalue weighted by atomic mass is 32.2. The molecule has 7 N–H and O–H groups in total. The zero-order valence-corrected chi connectivity index (χ0v) is 31.6. The first-order valence-corrected chi connectivity index (χ1v) is 20.3. The molecule has 0 aliphatic carbocycles. The van der Waals surface area contributed by atoms with Crippen LogP contribution in [0.5, 0.6) is 17.2 Å². The molecule has 59 heavy (non-hydrogen) atoms. The van der Waals surface area contributed by atoms with Crippen LogP contribution in [0.3, 0.4) is 0 Å². The number of phenols is 3. The SMILES string of the molecule is O=[N+]([O-])c1ccc(N=Nc2c(S(=O)(=O)O)cc3cc(S(=O)(=O)O)cc(N=Nc4cc(N=Nc5ccc(Nc6ccccc6)c(S(=O)(=O)O)c5)c(O)cc4O)c3c2O)cc1. The number of nitrogens with one attached hydrogen (secondary N) is 1. The van der Waals surface area contributed by atoms with Crippen LogP contribution in [-0.4, -0.2) is 59.2 Å². The summed E-state index contributed by atoms with van der Waals surface area (Å²) in [6, 6.07) is 20.2. The van der Waals surface area contributed by atoms with E-state index in [1.165, 1.54) is 12.1 Å². The second-order valence-electron chi connectivity index (χ2n) is 11.9. The molecule has 0 heterocycles. The standard InChI is InChI=1S/C34H24N8O14S3/c43-28-17-29(44)26(16-25(28)38-37-21-8-11-24(30(14-21)58(51,52)53)35-19-4-2-1-3-5-19)39-40-27-15-23(57(48,49)50)12-18-13-31(59(54,55)56)33(34(45)32(18)27)41-36-20-6-9-22(10-7-20)42(46)47/h1-17,35,43-45H,(H,48,49,50)(H,51,52,53)(H,54,55,56). The Morgan fingerprint density at radius 2 is 1.14 bits per heavy atom. The number of benzene rings is 6. The summed E-state index contributed by atoms with van der Waals surface area (Å²) in [6.45, 7) is 0. The first-order valence-electron chi connectivity index (χ1n) is 16.0. The van der Waals surface area contributed by atoms with Crippen LogP contribution < -0.4 is 5.32 Å². The molecule has 6 rings (SSSR count). The summed E-state index contributed by atoms with van der Waals surface area (Å²) in [6.07, 6.45) is 0. The van der Waals surface area contributed by atoms with Gasteiger partial charge in [-0.1, -0.05) is 18.2 Å². The number of aromatic hydroxyl groups is 3. The first-order chi connectivity index (χ1) is 27.7. The van der Waals surface area contributed by atoms with E-state index < -0.39 is 95.0 Å². The predicted octanol–water partition coefficient (Wildman–Crippen LogP) is 8.59. The Labute approximate surface area is 331 Å². The topological polar surface area (TPSA) is 353 Å². The molecule has 0 atom stereocenters. The number of nitro groups is 1. The van der Waals surface area contributed by atoms with Crippen molar-refractivity contribution in [3.8, 4) is 17.2 Å². The summed E-state index contributed by atoms with van der Waals surface area (Å²) in [4.78, 5) is 7.77. The maximum Gasteiger partial charge on any atom is 0.296 e. The van der Waals surface area contributed by atoms with Crippen molar-refractivity contribution in [1.82, 2.24) is 0 Å². The zero-order chi connectivity index (χ0) is 42.9. The molecular formula is C34H24N8O14S3. The minimum atomic E-state index is -5.24. The van der Waals surface area contributed by atoms with Crippen molar-refractivity contribution in [1.29, 1.82) is 0 Å². The minimum Gasteiger partial charge on any atom is -0.505 e. The van der Waals surface area contributed by atoms with Gasteiger partial charge in [-0.15, -0.1) is 20.5 Å². The van der Waals surface area contributed by atoms with Gasteiger partial charge in [0.05, 0.1) is 38.0 Å². The molecule has 302 valence electrons. The summed E-state index contributed by atoms with van der Waals surface area (Å²) in [7, 11) is -15.1. The molecule has 0 aliphatic rings. The summed E-state index contributed by atoms with van der Waals surface area (Å²) >= 11 is 0. The zero-order valence-electron chi connectivity index (χ0n) is 29.1. The molecule has 22 nitrogen and oxygen atoms in total. The van der Waals surface area contributed by atoms with Crippen LogP contribution in [0.15, 0.2) is 149 Å². The summed E-state index contributed by atoms with van der Waals surface area (Å²) in [5.74, 6) is -2.46. The largest absolute Gasteiger partial charge is 0.505 e. The van der Waals surface area contributed by atoms with Crippen LogP contribution >= 0.6 is 0 Å². The van der Waals surface area contributed by atoms with Crippen LogP contribution in [0.2, 0.25) is 0 Å². The van der Waals surface area contributed by atoms with Crippen molar-refractivity contribution in [2.75, 3.05) is 5.32 Å². The first kappa shape index (κ1) is 41.3. The lowest BCUT2D eigenvalue weighted by Gasteiger charge is -2.12. The second kappa shape index (κ2) is 15.9. The Hall–Kier alpha value is -7.29. The van der Waals surface area contributed by atoms with E-state index >= 15 is 0 Å². The number of hydrogen-bond acceptors (Lipinski definition) is 18. The fourth-order valence-electron chi connectivity index (χ4n) is 5.21. The summed E-state index contributed by atoms with van der Waals surface area (Å²) in [5.41, 5.74) is -2.36. The van der Waals surface area contributed by atoms with E-state index in [9.17, 15) is 64.3 Å². The quantitative estimate of drug-likeness (QED) is 0.0262. The van der Waals surface area contributed by atoms with Crippen LogP contribution in [-0.2, 0) is 30.4 Å². The molecule has 6 aromatic rings. The van der Waals surface area contributed by atoms with Crippen molar-refractivity contribution >= 4 is 92.3 Å². The molecule has 0 aliphatic heterocycles. The number of hydrogen-bond donors (Lipinski definition) is 7. The third-order valence-corrected chi connectivity index (χ3v) is 10.5. The fraction of sp³-hybridized carbons (Fsp3) is 0.